The van der Waals surface area contributed by atoms with Crippen molar-refractivity contribution in [2.45, 2.75) is 13.0 Å². The molecule has 27 heavy (non-hydrogen) atoms. The standard InChI is InChI=1S/C22H19NO4/c1-26-21(24)18-17(12-14-8-4-3-5-9-14)23-13-15-10-6-7-11-16(15)20(23)19(18)22(25)27-2/h3-11H,12-13H2,1-2H3. The molecule has 0 atom stereocenters. The Morgan fingerprint density at radius 3 is 2.22 bits per heavy atom. The fraction of sp³-hybridized carbons (Fsp3) is 0.182. The number of hydrogen-bond donors (Lipinski definition) is 0. The van der Waals surface area contributed by atoms with E-state index >= 15 is 0 Å². The van der Waals surface area contributed by atoms with Gasteiger partial charge in [-0.3, -0.25) is 0 Å². The third kappa shape index (κ3) is 2.72. The summed E-state index contributed by atoms with van der Waals surface area (Å²) in [6.45, 7) is 0.606. The van der Waals surface area contributed by atoms with Crippen LogP contribution in [0.25, 0.3) is 11.3 Å². The van der Waals surface area contributed by atoms with Crippen molar-refractivity contribution in [3.05, 3.63) is 82.5 Å². The molecule has 136 valence electrons. The molecule has 0 fully saturated rings. The van der Waals surface area contributed by atoms with Crippen LogP contribution in [-0.2, 0) is 22.4 Å². The van der Waals surface area contributed by atoms with Crippen molar-refractivity contribution in [3.63, 3.8) is 0 Å². The van der Waals surface area contributed by atoms with E-state index in [2.05, 4.69) is 0 Å². The maximum atomic E-state index is 12.6. The largest absolute Gasteiger partial charge is 0.465 e. The van der Waals surface area contributed by atoms with Crippen LogP contribution in [0.5, 0.6) is 0 Å². The van der Waals surface area contributed by atoms with Crippen molar-refractivity contribution in [2.24, 2.45) is 0 Å². The number of carbonyl (C=O) groups is 2. The van der Waals surface area contributed by atoms with Gasteiger partial charge in [0.1, 0.15) is 5.56 Å². The number of hydrogen-bond acceptors (Lipinski definition) is 4. The Kier molecular flexibility index (Phi) is 4.28. The summed E-state index contributed by atoms with van der Waals surface area (Å²) in [7, 11) is 2.65. The summed E-state index contributed by atoms with van der Waals surface area (Å²) < 4.78 is 12.1. The summed E-state index contributed by atoms with van der Waals surface area (Å²) in [4.78, 5) is 25.3. The summed E-state index contributed by atoms with van der Waals surface area (Å²) >= 11 is 0. The Hall–Kier alpha value is -3.34. The molecule has 0 unspecified atom stereocenters. The SMILES string of the molecule is COC(=O)c1c(C(=O)OC)c2n(c1Cc1ccccc1)Cc1ccccc1-2. The fourth-order valence-corrected chi connectivity index (χ4v) is 3.78. The molecular weight excluding hydrogens is 342 g/mol. The lowest BCUT2D eigenvalue weighted by Crippen LogP contribution is -2.13. The maximum absolute atomic E-state index is 12.6. The maximum Gasteiger partial charge on any atom is 0.340 e. The first-order chi connectivity index (χ1) is 13.2. The summed E-state index contributed by atoms with van der Waals surface area (Å²) in [6.07, 6.45) is 0.517. The molecule has 0 amide bonds. The second-order valence-corrected chi connectivity index (χ2v) is 6.43. The number of carbonyl (C=O) groups excluding carboxylic acids is 2. The lowest BCUT2D eigenvalue weighted by Gasteiger charge is -2.10. The van der Waals surface area contributed by atoms with E-state index in [4.69, 9.17) is 9.47 Å². The Morgan fingerprint density at radius 2 is 1.52 bits per heavy atom. The van der Waals surface area contributed by atoms with Gasteiger partial charge in [0.2, 0.25) is 0 Å². The summed E-state index contributed by atoms with van der Waals surface area (Å²) in [5.41, 5.74) is 5.17. The highest BCUT2D eigenvalue weighted by atomic mass is 16.5. The Balaban J connectivity index is 2.00. The molecule has 4 rings (SSSR count). The summed E-state index contributed by atoms with van der Waals surface area (Å²) in [6, 6.07) is 17.8. The monoisotopic (exact) mass is 361 g/mol. The van der Waals surface area contributed by atoms with Crippen molar-refractivity contribution in [2.75, 3.05) is 14.2 Å². The molecule has 1 aliphatic heterocycles. The number of nitrogens with zero attached hydrogens (tertiary/aromatic N) is 1. The van der Waals surface area contributed by atoms with Crippen LogP contribution in [0.1, 0.15) is 37.5 Å². The molecule has 2 heterocycles. The zero-order valence-corrected chi connectivity index (χ0v) is 15.2. The average Bonchev–Trinajstić information content (AvgIpc) is 3.23. The van der Waals surface area contributed by atoms with E-state index < -0.39 is 11.9 Å². The van der Waals surface area contributed by atoms with Crippen LogP contribution in [0.4, 0.5) is 0 Å². The van der Waals surface area contributed by atoms with Crippen LogP contribution >= 0.6 is 0 Å². The van der Waals surface area contributed by atoms with E-state index in [1.807, 2.05) is 59.2 Å². The molecule has 0 radical (unpaired) electrons. The third-order valence-corrected chi connectivity index (χ3v) is 4.97. The van der Waals surface area contributed by atoms with Crippen molar-refractivity contribution in [3.8, 4) is 11.3 Å². The van der Waals surface area contributed by atoms with Crippen molar-refractivity contribution < 1.29 is 19.1 Å². The molecule has 1 aromatic heterocycles. The topological polar surface area (TPSA) is 57.5 Å². The minimum atomic E-state index is -0.532. The lowest BCUT2D eigenvalue weighted by molar-refractivity contribution is 0.0556. The van der Waals surface area contributed by atoms with E-state index in [0.717, 1.165) is 28.1 Å². The molecule has 2 aromatic carbocycles. The van der Waals surface area contributed by atoms with Gasteiger partial charge in [0.05, 0.1) is 25.5 Å². The quantitative estimate of drug-likeness (QED) is 0.520. The van der Waals surface area contributed by atoms with Gasteiger partial charge in [0, 0.05) is 24.2 Å². The van der Waals surface area contributed by atoms with Crippen LogP contribution in [0.3, 0.4) is 0 Å². The Labute approximate surface area is 157 Å². The lowest BCUT2D eigenvalue weighted by atomic mass is 9.99. The molecule has 0 N–H and O–H groups in total. The van der Waals surface area contributed by atoms with Crippen molar-refractivity contribution >= 4 is 11.9 Å². The first kappa shape index (κ1) is 17.1. The van der Waals surface area contributed by atoms with E-state index in [1.54, 1.807) is 0 Å². The van der Waals surface area contributed by atoms with E-state index in [9.17, 15) is 9.59 Å². The van der Waals surface area contributed by atoms with Gasteiger partial charge in [0.25, 0.3) is 0 Å². The highest BCUT2D eigenvalue weighted by molar-refractivity contribution is 6.09. The second-order valence-electron chi connectivity index (χ2n) is 6.43. The fourth-order valence-electron chi connectivity index (χ4n) is 3.78. The smallest absolute Gasteiger partial charge is 0.340 e. The zero-order chi connectivity index (χ0) is 19.0. The number of methoxy groups -OCH3 is 2. The van der Waals surface area contributed by atoms with Crippen LogP contribution in [0.2, 0.25) is 0 Å². The predicted molar refractivity (Wildman–Crippen MR) is 101 cm³/mol. The normalized spacial score (nSPS) is 11.6. The van der Waals surface area contributed by atoms with Gasteiger partial charge in [-0.2, -0.15) is 0 Å². The molecule has 3 aromatic rings. The second kappa shape index (κ2) is 6.76. The number of esters is 2. The van der Waals surface area contributed by atoms with Crippen LogP contribution in [0.15, 0.2) is 54.6 Å². The van der Waals surface area contributed by atoms with Gasteiger partial charge in [-0.15, -0.1) is 0 Å². The molecule has 5 heteroatoms. The highest BCUT2D eigenvalue weighted by Crippen LogP contribution is 2.41. The molecule has 0 bridgehead atoms. The third-order valence-electron chi connectivity index (χ3n) is 4.97. The minimum Gasteiger partial charge on any atom is -0.465 e. The first-order valence-electron chi connectivity index (χ1n) is 8.70. The Morgan fingerprint density at radius 1 is 0.889 bits per heavy atom. The summed E-state index contributed by atoms with van der Waals surface area (Å²) in [5.74, 6) is -1.06. The number of fused-ring (bicyclic) bond motifs is 3. The number of benzene rings is 2. The minimum absolute atomic E-state index is 0.278. The van der Waals surface area contributed by atoms with E-state index in [-0.39, 0.29) is 11.1 Å². The van der Waals surface area contributed by atoms with Crippen LogP contribution in [-0.4, -0.2) is 30.7 Å². The zero-order valence-electron chi connectivity index (χ0n) is 15.2. The van der Waals surface area contributed by atoms with E-state index in [1.165, 1.54) is 14.2 Å². The van der Waals surface area contributed by atoms with Gasteiger partial charge < -0.3 is 14.0 Å². The summed E-state index contributed by atoms with van der Waals surface area (Å²) in [5, 5.41) is 0. The number of rotatable bonds is 4. The van der Waals surface area contributed by atoms with Gasteiger partial charge in [0.15, 0.2) is 0 Å². The number of aromatic nitrogens is 1. The van der Waals surface area contributed by atoms with Gasteiger partial charge in [-0.05, 0) is 11.1 Å². The number of ether oxygens (including phenoxy) is 2. The van der Waals surface area contributed by atoms with Gasteiger partial charge >= 0.3 is 11.9 Å². The van der Waals surface area contributed by atoms with Gasteiger partial charge in [-0.1, -0.05) is 54.6 Å². The molecule has 0 spiro atoms. The molecule has 0 aliphatic carbocycles. The molecule has 0 saturated carbocycles. The molecule has 1 aliphatic rings. The van der Waals surface area contributed by atoms with E-state index in [0.29, 0.717) is 13.0 Å². The predicted octanol–water partition coefficient (Wildman–Crippen LogP) is 3.68. The first-order valence-corrected chi connectivity index (χ1v) is 8.70. The molecule has 0 saturated heterocycles. The van der Waals surface area contributed by atoms with Gasteiger partial charge in [-0.25, -0.2) is 9.59 Å². The molecular formula is C22H19NO4. The average molecular weight is 361 g/mol. The van der Waals surface area contributed by atoms with Crippen LogP contribution in [0, 0.1) is 0 Å². The van der Waals surface area contributed by atoms with Crippen molar-refractivity contribution in [1.29, 1.82) is 0 Å². The molecule has 5 nitrogen and oxygen atoms in total. The highest BCUT2D eigenvalue weighted by Gasteiger charge is 2.36. The Bertz CT molecular complexity index is 1030. The van der Waals surface area contributed by atoms with Crippen molar-refractivity contribution in [1.82, 2.24) is 4.57 Å². The van der Waals surface area contributed by atoms with Crippen LogP contribution < -0.4 is 0 Å².